The monoisotopic (exact) mass is 384 g/mol. The molecule has 1 unspecified atom stereocenters. The first-order valence-electron chi connectivity index (χ1n) is 8.72. The molecule has 0 radical (unpaired) electrons. The average molecular weight is 384 g/mol. The second-order valence-corrected chi connectivity index (χ2v) is 6.44. The molecule has 8 nitrogen and oxygen atoms in total. The minimum Gasteiger partial charge on any atom is -0.481 e. The number of hydrogen-bond acceptors (Lipinski definition) is 5. The third-order valence-electron chi connectivity index (χ3n) is 4.25. The number of carbonyl (C=O) groups excluding carboxylic acids is 2. The number of aliphatic carboxylic acids is 1. The zero-order chi connectivity index (χ0) is 20.1. The lowest BCUT2D eigenvalue weighted by molar-refractivity contribution is -0.141. The highest BCUT2D eigenvalue weighted by molar-refractivity contribution is 5.99. The van der Waals surface area contributed by atoms with E-state index in [0.717, 1.165) is 5.56 Å². The zero-order valence-corrected chi connectivity index (χ0v) is 15.2. The molecule has 3 N–H and O–H groups in total. The van der Waals surface area contributed by atoms with Crippen LogP contribution in [0.5, 0.6) is 11.5 Å². The summed E-state index contributed by atoms with van der Waals surface area (Å²) >= 11 is 0. The van der Waals surface area contributed by atoms with E-state index < -0.39 is 17.8 Å². The van der Waals surface area contributed by atoms with Crippen LogP contribution in [-0.2, 0) is 16.0 Å². The molecule has 0 aromatic heterocycles. The summed E-state index contributed by atoms with van der Waals surface area (Å²) in [6.45, 7) is 1.57. The first kappa shape index (κ1) is 19.2. The first-order chi connectivity index (χ1) is 13.4. The molecule has 2 aromatic rings. The van der Waals surface area contributed by atoms with Crippen molar-refractivity contribution >= 4 is 23.5 Å². The van der Waals surface area contributed by atoms with Crippen LogP contribution in [0.1, 0.15) is 22.8 Å². The Labute approximate surface area is 161 Å². The molecule has 0 fully saturated rings. The van der Waals surface area contributed by atoms with Gasteiger partial charge in [-0.2, -0.15) is 0 Å². The van der Waals surface area contributed by atoms with Crippen LogP contribution in [0.4, 0.5) is 5.69 Å². The van der Waals surface area contributed by atoms with Gasteiger partial charge in [0, 0.05) is 11.3 Å². The molecule has 0 saturated heterocycles. The highest BCUT2D eigenvalue weighted by atomic mass is 16.7. The predicted molar refractivity (Wildman–Crippen MR) is 100 cm³/mol. The molecule has 3 rings (SSSR count). The number of benzene rings is 2. The second-order valence-electron chi connectivity index (χ2n) is 6.44. The van der Waals surface area contributed by atoms with Gasteiger partial charge in [0.1, 0.15) is 0 Å². The van der Waals surface area contributed by atoms with E-state index in [9.17, 15) is 14.4 Å². The van der Waals surface area contributed by atoms with Gasteiger partial charge in [0.2, 0.25) is 12.7 Å². The van der Waals surface area contributed by atoms with Crippen molar-refractivity contribution in [2.24, 2.45) is 5.92 Å². The highest BCUT2D eigenvalue weighted by Crippen LogP contribution is 2.32. The number of hydrogen-bond donors (Lipinski definition) is 3. The molecule has 28 heavy (non-hydrogen) atoms. The van der Waals surface area contributed by atoms with Gasteiger partial charge in [-0.3, -0.25) is 14.4 Å². The first-order valence-corrected chi connectivity index (χ1v) is 8.72. The van der Waals surface area contributed by atoms with Crippen molar-refractivity contribution in [1.29, 1.82) is 0 Å². The summed E-state index contributed by atoms with van der Waals surface area (Å²) in [5.74, 6) is -1.03. The Bertz CT molecular complexity index is 894. The van der Waals surface area contributed by atoms with Gasteiger partial charge in [0.05, 0.1) is 12.5 Å². The summed E-state index contributed by atoms with van der Waals surface area (Å²) in [5, 5.41) is 14.2. The van der Waals surface area contributed by atoms with Gasteiger partial charge < -0.3 is 25.2 Å². The summed E-state index contributed by atoms with van der Waals surface area (Å²) in [6.07, 6.45) is 0.412. The van der Waals surface area contributed by atoms with E-state index in [1.807, 2.05) is 0 Å². The normalized spacial score (nSPS) is 12.9. The number of amides is 2. The van der Waals surface area contributed by atoms with E-state index in [2.05, 4.69) is 10.6 Å². The van der Waals surface area contributed by atoms with Crippen LogP contribution in [0.2, 0.25) is 0 Å². The third-order valence-corrected chi connectivity index (χ3v) is 4.25. The van der Waals surface area contributed by atoms with Crippen molar-refractivity contribution in [2.45, 2.75) is 13.3 Å². The minimum absolute atomic E-state index is 0.122. The lowest BCUT2D eigenvalue weighted by Gasteiger charge is -2.09. The number of fused-ring (bicyclic) bond motifs is 1. The molecular weight excluding hydrogens is 364 g/mol. The standard InChI is InChI=1S/C20H20N2O6/c1-12(20(25)26)8-13-2-5-15(6-3-13)22-18(23)10-21-19(24)14-4-7-16-17(9-14)28-11-27-16/h2-7,9,12H,8,10-11H2,1H3,(H,21,24)(H,22,23)(H,25,26). The van der Waals surface area contributed by atoms with Crippen molar-refractivity contribution < 1.29 is 29.0 Å². The molecule has 8 heteroatoms. The van der Waals surface area contributed by atoms with Gasteiger partial charge in [-0.15, -0.1) is 0 Å². The van der Waals surface area contributed by atoms with Crippen LogP contribution >= 0.6 is 0 Å². The fourth-order valence-corrected chi connectivity index (χ4v) is 2.67. The number of nitrogens with one attached hydrogen (secondary N) is 2. The summed E-state index contributed by atoms with van der Waals surface area (Å²) in [7, 11) is 0. The van der Waals surface area contributed by atoms with Gasteiger partial charge in [0.25, 0.3) is 5.91 Å². The number of ether oxygens (including phenoxy) is 2. The zero-order valence-electron chi connectivity index (χ0n) is 15.2. The number of rotatable bonds is 7. The van der Waals surface area contributed by atoms with Gasteiger partial charge in [-0.25, -0.2) is 0 Å². The topological polar surface area (TPSA) is 114 Å². The van der Waals surface area contributed by atoms with Gasteiger partial charge in [-0.05, 0) is 42.3 Å². The lowest BCUT2D eigenvalue weighted by atomic mass is 10.0. The molecule has 0 saturated carbocycles. The maximum Gasteiger partial charge on any atom is 0.306 e. The molecule has 2 aromatic carbocycles. The van der Waals surface area contributed by atoms with Crippen molar-refractivity contribution in [3.8, 4) is 11.5 Å². The van der Waals surface area contributed by atoms with Crippen LogP contribution < -0.4 is 20.1 Å². The molecule has 146 valence electrons. The van der Waals surface area contributed by atoms with Crippen molar-refractivity contribution in [2.75, 3.05) is 18.7 Å². The summed E-state index contributed by atoms with van der Waals surface area (Å²) in [6, 6.07) is 11.7. The SMILES string of the molecule is CC(Cc1ccc(NC(=O)CNC(=O)c2ccc3c(c2)OCO3)cc1)C(=O)O. The Morgan fingerprint density at radius 2 is 1.79 bits per heavy atom. The third kappa shape index (κ3) is 4.79. The van der Waals surface area contributed by atoms with Crippen LogP contribution in [0.3, 0.4) is 0 Å². The van der Waals surface area contributed by atoms with Gasteiger partial charge in [0.15, 0.2) is 11.5 Å². The Kier molecular flexibility index (Phi) is 5.78. The highest BCUT2D eigenvalue weighted by Gasteiger charge is 2.16. The maximum absolute atomic E-state index is 12.2. The van der Waals surface area contributed by atoms with E-state index >= 15 is 0 Å². The van der Waals surface area contributed by atoms with Crippen molar-refractivity contribution in [3.63, 3.8) is 0 Å². The van der Waals surface area contributed by atoms with E-state index in [1.54, 1.807) is 49.4 Å². The molecule has 1 aliphatic heterocycles. The minimum atomic E-state index is -0.851. The molecule has 0 bridgehead atoms. The number of carbonyl (C=O) groups is 3. The molecule has 1 heterocycles. The van der Waals surface area contributed by atoms with E-state index in [4.69, 9.17) is 14.6 Å². The van der Waals surface area contributed by atoms with Crippen LogP contribution in [0, 0.1) is 5.92 Å². The Balaban J connectivity index is 1.49. The molecule has 0 spiro atoms. The molecule has 1 atom stereocenters. The summed E-state index contributed by atoms with van der Waals surface area (Å²) in [5.41, 5.74) is 1.80. The smallest absolute Gasteiger partial charge is 0.306 e. The fraction of sp³-hybridized carbons (Fsp3) is 0.250. The number of carboxylic acids is 1. The van der Waals surface area contributed by atoms with Crippen molar-refractivity contribution in [1.82, 2.24) is 5.32 Å². The molecule has 2 amide bonds. The van der Waals surface area contributed by atoms with Crippen LogP contribution in [-0.4, -0.2) is 36.2 Å². The quantitative estimate of drug-likeness (QED) is 0.673. The summed E-state index contributed by atoms with van der Waals surface area (Å²) < 4.78 is 10.4. The van der Waals surface area contributed by atoms with Gasteiger partial charge in [-0.1, -0.05) is 19.1 Å². The van der Waals surface area contributed by atoms with Crippen LogP contribution in [0.15, 0.2) is 42.5 Å². The molecule has 1 aliphatic rings. The summed E-state index contributed by atoms with van der Waals surface area (Å²) in [4.78, 5) is 35.1. The van der Waals surface area contributed by atoms with E-state index in [-0.39, 0.29) is 19.2 Å². The Morgan fingerprint density at radius 1 is 1.07 bits per heavy atom. The van der Waals surface area contributed by atoms with Crippen molar-refractivity contribution in [3.05, 3.63) is 53.6 Å². The van der Waals surface area contributed by atoms with E-state index in [0.29, 0.717) is 29.2 Å². The van der Waals surface area contributed by atoms with E-state index in [1.165, 1.54) is 0 Å². The fourth-order valence-electron chi connectivity index (χ4n) is 2.67. The number of anilines is 1. The van der Waals surface area contributed by atoms with Crippen LogP contribution in [0.25, 0.3) is 0 Å². The number of carboxylic acid groups (broad SMARTS) is 1. The maximum atomic E-state index is 12.2. The lowest BCUT2D eigenvalue weighted by Crippen LogP contribution is -2.32. The Hall–Kier alpha value is -3.55. The predicted octanol–water partition coefficient (Wildman–Crippen LogP) is 2.05. The second kappa shape index (κ2) is 8.43. The molecule has 0 aliphatic carbocycles. The largest absolute Gasteiger partial charge is 0.481 e. The molecular formula is C20H20N2O6. The Morgan fingerprint density at radius 3 is 2.50 bits per heavy atom. The van der Waals surface area contributed by atoms with Gasteiger partial charge >= 0.3 is 5.97 Å². The average Bonchev–Trinajstić information content (AvgIpc) is 3.15.